The highest BCUT2D eigenvalue weighted by Gasteiger charge is 2.33. The van der Waals surface area contributed by atoms with E-state index in [2.05, 4.69) is 5.32 Å². The Morgan fingerprint density at radius 3 is 2.39 bits per heavy atom. The van der Waals surface area contributed by atoms with Gasteiger partial charge in [-0.1, -0.05) is 72.3 Å². The maximum Gasteiger partial charge on any atom is 0.244 e. The summed E-state index contributed by atoms with van der Waals surface area (Å²) in [4.78, 5) is 27.4. The third-order valence-corrected chi connectivity index (χ3v) is 5.08. The molecule has 0 bridgehead atoms. The topological polar surface area (TPSA) is 49.4 Å². The number of halogens is 1. The average Bonchev–Trinajstić information content (AvgIpc) is 2.85. The molecule has 1 heterocycles. The van der Waals surface area contributed by atoms with Crippen LogP contribution in [0.1, 0.15) is 22.7 Å². The lowest BCUT2D eigenvalue weighted by Crippen LogP contribution is -2.39. The zero-order chi connectivity index (χ0) is 19.5. The number of fused-ring (bicyclic) bond motifs is 1. The lowest BCUT2D eigenvalue weighted by molar-refractivity contribution is -0.135. The highest BCUT2D eigenvalue weighted by Crippen LogP contribution is 2.37. The first-order valence-electron chi connectivity index (χ1n) is 9.09. The molecule has 0 radical (unpaired) electrons. The Kier molecular flexibility index (Phi) is 5.13. The van der Waals surface area contributed by atoms with Crippen molar-refractivity contribution in [1.29, 1.82) is 0 Å². The van der Waals surface area contributed by atoms with Gasteiger partial charge in [0.05, 0.1) is 12.5 Å². The van der Waals surface area contributed by atoms with Crippen molar-refractivity contribution in [3.8, 4) is 0 Å². The van der Waals surface area contributed by atoms with E-state index < -0.39 is 6.04 Å². The summed E-state index contributed by atoms with van der Waals surface area (Å²) < 4.78 is 0. The largest absolute Gasteiger partial charge is 0.324 e. The van der Waals surface area contributed by atoms with Crippen LogP contribution in [0.3, 0.4) is 0 Å². The Morgan fingerprint density at radius 2 is 1.68 bits per heavy atom. The zero-order valence-electron chi connectivity index (χ0n) is 15.1. The van der Waals surface area contributed by atoms with Crippen LogP contribution in [0.15, 0.2) is 78.9 Å². The lowest BCUT2D eigenvalue weighted by Gasteiger charge is -2.30. The van der Waals surface area contributed by atoms with E-state index in [1.807, 2.05) is 66.7 Å². The highest BCUT2D eigenvalue weighted by molar-refractivity contribution is 6.30. The molecule has 4 rings (SSSR count). The Bertz CT molecular complexity index is 1010. The van der Waals surface area contributed by atoms with Gasteiger partial charge in [0.2, 0.25) is 11.8 Å². The molecule has 1 aliphatic rings. The first-order chi connectivity index (χ1) is 13.6. The minimum atomic E-state index is -0.398. The van der Waals surface area contributed by atoms with E-state index in [9.17, 15) is 9.59 Å². The number of hydrogen-bond acceptors (Lipinski definition) is 2. The Balaban J connectivity index is 1.80. The molecule has 5 heteroatoms. The van der Waals surface area contributed by atoms with Crippen LogP contribution in [0.25, 0.3) is 0 Å². The maximum atomic E-state index is 13.3. The molecule has 0 fully saturated rings. The van der Waals surface area contributed by atoms with E-state index in [0.29, 0.717) is 10.7 Å². The summed E-state index contributed by atoms with van der Waals surface area (Å²) in [5.74, 6) is -0.327. The van der Waals surface area contributed by atoms with E-state index in [1.54, 1.807) is 17.0 Å². The molecule has 0 aromatic heterocycles. The van der Waals surface area contributed by atoms with Crippen molar-refractivity contribution in [2.75, 3.05) is 11.9 Å². The van der Waals surface area contributed by atoms with Gasteiger partial charge >= 0.3 is 0 Å². The van der Waals surface area contributed by atoms with Crippen molar-refractivity contribution in [3.63, 3.8) is 0 Å². The molecule has 3 aromatic carbocycles. The molecule has 1 N–H and O–H groups in total. The van der Waals surface area contributed by atoms with Crippen molar-refractivity contribution in [1.82, 2.24) is 4.90 Å². The van der Waals surface area contributed by atoms with Gasteiger partial charge in [-0.2, -0.15) is 0 Å². The van der Waals surface area contributed by atoms with Crippen LogP contribution in [0.5, 0.6) is 0 Å². The van der Waals surface area contributed by atoms with Gasteiger partial charge in [0, 0.05) is 16.3 Å². The minimum absolute atomic E-state index is 0.0163. The maximum absolute atomic E-state index is 13.3. The number of anilines is 1. The summed E-state index contributed by atoms with van der Waals surface area (Å²) in [6.45, 7) is -0.0163. The van der Waals surface area contributed by atoms with E-state index in [4.69, 9.17) is 11.6 Å². The predicted molar refractivity (Wildman–Crippen MR) is 110 cm³/mol. The molecule has 0 aliphatic carbocycles. The first kappa shape index (κ1) is 18.3. The van der Waals surface area contributed by atoms with Gasteiger partial charge in [0.15, 0.2) is 0 Å². The Labute approximate surface area is 168 Å². The average molecular weight is 391 g/mol. The van der Waals surface area contributed by atoms with Gasteiger partial charge in [-0.3, -0.25) is 9.59 Å². The lowest BCUT2D eigenvalue weighted by atomic mass is 9.95. The minimum Gasteiger partial charge on any atom is -0.324 e. The van der Waals surface area contributed by atoms with Crippen molar-refractivity contribution in [2.24, 2.45) is 0 Å². The molecule has 0 saturated carbocycles. The van der Waals surface area contributed by atoms with E-state index in [-0.39, 0.29) is 24.8 Å². The highest BCUT2D eigenvalue weighted by atomic mass is 35.5. The van der Waals surface area contributed by atoms with Gasteiger partial charge in [0.25, 0.3) is 0 Å². The molecular weight excluding hydrogens is 372 g/mol. The zero-order valence-corrected chi connectivity index (χ0v) is 15.9. The molecule has 4 nitrogen and oxygen atoms in total. The van der Waals surface area contributed by atoms with Crippen LogP contribution < -0.4 is 5.32 Å². The van der Waals surface area contributed by atoms with Crippen LogP contribution in [-0.4, -0.2) is 23.3 Å². The third kappa shape index (κ3) is 3.78. The number of amides is 2. The molecule has 1 atom stereocenters. The van der Waals surface area contributed by atoms with Gasteiger partial charge in [0.1, 0.15) is 6.54 Å². The normalized spacial score (nSPS) is 16.1. The van der Waals surface area contributed by atoms with Crippen LogP contribution >= 0.6 is 11.6 Å². The summed E-state index contributed by atoms with van der Waals surface area (Å²) in [7, 11) is 0. The smallest absolute Gasteiger partial charge is 0.244 e. The number of carbonyl (C=O) groups excluding carboxylic acids is 2. The predicted octanol–water partition coefficient (Wildman–Crippen LogP) is 4.45. The number of nitrogens with zero attached hydrogens (tertiary/aromatic N) is 1. The van der Waals surface area contributed by atoms with Crippen molar-refractivity contribution in [3.05, 3.63) is 101 Å². The molecule has 0 saturated heterocycles. The number of nitrogens with one attached hydrogen (secondary N) is 1. The molecule has 2 amide bonds. The number of rotatable bonds is 3. The SMILES string of the molecule is O=C1CN(C(=O)Cc2ccccc2)[C@H](c2ccccc2)c2cc(Cl)ccc2N1. The van der Waals surface area contributed by atoms with E-state index in [1.165, 1.54) is 0 Å². The number of carbonyl (C=O) groups is 2. The van der Waals surface area contributed by atoms with Crippen molar-refractivity contribution < 1.29 is 9.59 Å². The number of hydrogen-bond donors (Lipinski definition) is 1. The summed E-state index contributed by atoms with van der Waals surface area (Å²) in [6, 6.07) is 24.2. The Hall–Kier alpha value is -3.11. The van der Waals surface area contributed by atoms with Gasteiger partial charge in [-0.25, -0.2) is 0 Å². The van der Waals surface area contributed by atoms with Gasteiger partial charge in [-0.05, 0) is 29.3 Å². The standard InChI is InChI=1S/C23H19ClN2O2/c24-18-11-12-20-19(14-18)23(17-9-5-2-6-10-17)26(15-21(27)25-20)22(28)13-16-7-3-1-4-8-16/h1-12,14,23H,13,15H2,(H,25,27)/t23-/m1/s1. The summed E-state index contributed by atoms with van der Waals surface area (Å²) in [5, 5.41) is 3.47. The number of benzene rings is 3. The van der Waals surface area contributed by atoms with E-state index in [0.717, 1.165) is 16.7 Å². The van der Waals surface area contributed by atoms with Crippen LogP contribution in [-0.2, 0) is 16.0 Å². The van der Waals surface area contributed by atoms with Crippen molar-refractivity contribution >= 4 is 29.1 Å². The molecule has 1 aliphatic heterocycles. The third-order valence-electron chi connectivity index (χ3n) is 4.84. The Morgan fingerprint density at radius 1 is 1.00 bits per heavy atom. The second kappa shape index (κ2) is 7.87. The summed E-state index contributed by atoms with van der Waals surface area (Å²) >= 11 is 6.26. The fraction of sp³-hybridized carbons (Fsp3) is 0.130. The molecule has 140 valence electrons. The van der Waals surface area contributed by atoms with Crippen LogP contribution in [0.2, 0.25) is 5.02 Å². The molecular formula is C23H19ClN2O2. The van der Waals surface area contributed by atoms with Crippen LogP contribution in [0.4, 0.5) is 5.69 Å². The summed E-state index contributed by atoms with van der Waals surface area (Å²) in [5.41, 5.74) is 3.34. The van der Waals surface area contributed by atoms with E-state index >= 15 is 0 Å². The second-order valence-electron chi connectivity index (χ2n) is 6.78. The van der Waals surface area contributed by atoms with Crippen molar-refractivity contribution in [2.45, 2.75) is 12.5 Å². The summed E-state index contributed by atoms with van der Waals surface area (Å²) in [6.07, 6.45) is 0.230. The monoisotopic (exact) mass is 390 g/mol. The fourth-order valence-corrected chi connectivity index (χ4v) is 3.76. The molecule has 3 aromatic rings. The van der Waals surface area contributed by atoms with Gasteiger partial charge in [-0.15, -0.1) is 0 Å². The second-order valence-corrected chi connectivity index (χ2v) is 7.21. The first-order valence-corrected chi connectivity index (χ1v) is 9.47. The molecule has 0 spiro atoms. The fourth-order valence-electron chi connectivity index (χ4n) is 3.58. The van der Waals surface area contributed by atoms with Gasteiger partial charge < -0.3 is 10.2 Å². The quantitative estimate of drug-likeness (QED) is 0.718. The molecule has 0 unspecified atom stereocenters. The van der Waals surface area contributed by atoms with Crippen LogP contribution in [0, 0.1) is 0 Å². The molecule has 28 heavy (non-hydrogen) atoms.